The normalized spacial score (nSPS) is 14.6. The first-order valence-electron chi connectivity index (χ1n) is 6.16. The fourth-order valence-corrected chi connectivity index (χ4v) is 2.08. The summed E-state index contributed by atoms with van der Waals surface area (Å²) in [6.07, 6.45) is 2.23. The number of carbonyl (C=O) groups excluding carboxylic acids is 1. The lowest BCUT2D eigenvalue weighted by Gasteiger charge is -2.16. The number of hydrogen-bond acceptors (Lipinski definition) is 4. The minimum atomic E-state index is 0.142. The highest BCUT2D eigenvalue weighted by Gasteiger charge is 2.17. The molecule has 0 aromatic heterocycles. The monoisotopic (exact) mass is 249 g/mol. The lowest BCUT2D eigenvalue weighted by Crippen LogP contribution is -2.32. The van der Waals surface area contributed by atoms with Gasteiger partial charge in [-0.25, -0.2) is 0 Å². The number of carbonyl (C=O) groups is 1. The summed E-state index contributed by atoms with van der Waals surface area (Å²) in [4.78, 5) is 13.7. The maximum atomic E-state index is 11.8. The molecular weight excluding hydrogens is 230 g/mol. The van der Waals surface area contributed by atoms with E-state index in [0.29, 0.717) is 18.0 Å². The zero-order valence-electron chi connectivity index (χ0n) is 10.6. The zero-order chi connectivity index (χ0) is 13.0. The van der Waals surface area contributed by atoms with Gasteiger partial charge in [0.05, 0.1) is 19.3 Å². The molecule has 2 rings (SSSR count). The van der Waals surface area contributed by atoms with E-state index in [1.54, 1.807) is 19.2 Å². The van der Waals surface area contributed by atoms with E-state index < -0.39 is 0 Å². The minimum Gasteiger partial charge on any atom is -0.495 e. The Hall–Kier alpha value is -1.91. The number of hydrogen-bond donors (Lipinski definition) is 2. The Bertz CT molecular complexity index is 428. The molecule has 0 spiro atoms. The first-order valence-corrected chi connectivity index (χ1v) is 6.16. The predicted octanol–water partition coefficient (Wildman–Crippen LogP) is 1.31. The second kappa shape index (κ2) is 5.62. The molecule has 1 aliphatic heterocycles. The SMILES string of the molecule is COc1cc(NCC(=O)N2CCCC2)ccc1N. The summed E-state index contributed by atoms with van der Waals surface area (Å²) >= 11 is 0. The fraction of sp³-hybridized carbons (Fsp3) is 0.462. The fourth-order valence-electron chi connectivity index (χ4n) is 2.08. The molecule has 3 N–H and O–H groups in total. The molecule has 1 saturated heterocycles. The highest BCUT2D eigenvalue weighted by Crippen LogP contribution is 2.24. The zero-order valence-corrected chi connectivity index (χ0v) is 10.6. The summed E-state index contributed by atoms with van der Waals surface area (Å²) < 4.78 is 5.13. The number of nitrogen functional groups attached to an aromatic ring is 1. The average molecular weight is 249 g/mol. The Morgan fingerprint density at radius 2 is 2.17 bits per heavy atom. The molecule has 1 aromatic rings. The van der Waals surface area contributed by atoms with Crippen molar-refractivity contribution in [3.63, 3.8) is 0 Å². The molecule has 0 saturated carbocycles. The molecule has 0 atom stereocenters. The summed E-state index contributed by atoms with van der Waals surface area (Å²) in [6.45, 7) is 2.07. The summed E-state index contributed by atoms with van der Waals surface area (Å²) in [5, 5.41) is 3.10. The van der Waals surface area contributed by atoms with Gasteiger partial charge in [-0.05, 0) is 25.0 Å². The van der Waals surface area contributed by atoms with Crippen LogP contribution in [0.15, 0.2) is 18.2 Å². The standard InChI is InChI=1S/C13H19N3O2/c1-18-12-8-10(4-5-11(12)14)15-9-13(17)16-6-2-3-7-16/h4-5,8,15H,2-3,6-7,9,14H2,1H3. The number of ether oxygens (including phenoxy) is 1. The lowest BCUT2D eigenvalue weighted by atomic mass is 10.2. The van der Waals surface area contributed by atoms with Gasteiger partial charge in [-0.3, -0.25) is 4.79 Å². The third kappa shape index (κ3) is 2.85. The van der Waals surface area contributed by atoms with Crippen molar-refractivity contribution in [1.29, 1.82) is 0 Å². The number of benzene rings is 1. The highest BCUT2D eigenvalue weighted by molar-refractivity contribution is 5.81. The van der Waals surface area contributed by atoms with Crippen molar-refractivity contribution in [3.05, 3.63) is 18.2 Å². The Balaban J connectivity index is 1.91. The van der Waals surface area contributed by atoms with Gasteiger partial charge in [0, 0.05) is 24.8 Å². The molecule has 1 aliphatic rings. The van der Waals surface area contributed by atoms with E-state index in [0.717, 1.165) is 31.6 Å². The molecule has 18 heavy (non-hydrogen) atoms. The largest absolute Gasteiger partial charge is 0.495 e. The van der Waals surface area contributed by atoms with Crippen LogP contribution in [0.5, 0.6) is 5.75 Å². The van der Waals surface area contributed by atoms with Crippen molar-refractivity contribution in [2.45, 2.75) is 12.8 Å². The number of amides is 1. The van der Waals surface area contributed by atoms with E-state index in [9.17, 15) is 4.79 Å². The maximum absolute atomic E-state index is 11.8. The van der Waals surface area contributed by atoms with Gasteiger partial charge in [0.1, 0.15) is 5.75 Å². The van der Waals surface area contributed by atoms with E-state index in [1.807, 2.05) is 11.0 Å². The van der Waals surface area contributed by atoms with Crippen molar-refractivity contribution in [1.82, 2.24) is 4.90 Å². The van der Waals surface area contributed by atoms with E-state index in [1.165, 1.54) is 0 Å². The number of methoxy groups -OCH3 is 1. The molecule has 5 nitrogen and oxygen atoms in total. The van der Waals surface area contributed by atoms with Gasteiger partial charge in [-0.2, -0.15) is 0 Å². The molecule has 98 valence electrons. The molecule has 5 heteroatoms. The first kappa shape index (κ1) is 12.5. The quantitative estimate of drug-likeness (QED) is 0.790. The molecule has 0 radical (unpaired) electrons. The maximum Gasteiger partial charge on any atom is 0.241 e. The molecule has 1 amide bonds. The third-order valence-electron chi connectivity index (χ3n) is 3.14. The van der Waals surface area contributed by atoms with Crippen LogP contribution in [0.4, 0.5) is 11.4 Å². The van der Waals surface area contributed by atoms with E-state index in [4.69, 9.17) is 10.5 Å². The van der Waals surface area contributed by atoms with Crippen LogP contribution >= 0.6 is 0 Å². The predicted molar refractivity (Wildman–Crippen MR) is 71.7 cm³/mol. The summed E-state index contributed by atoms with van der Waals surface area (Å²) in [7, 11) is 1.57. The second-order valence-corrected chi connectivity index (χ2v) is 4.40. The third-order valence-corrected chi connectivity index (χ3v) is 3.14. The van der Waals surface area contributed by atoms with Crippen LogP contribution in [0.1, 0.15) is 12.8 Å². The molecule has 0 unspecified atom stereocenters. The van der Waals surface area contributed by atoms with Gasteiger partial charge < -0.3 is 20.7 Å². The van der Waals surface area contributed by atoms with E-state index in [2.05, 4.69) is 5.32 Å². The molecular formula is C13H19N3O2. The second-order valence-electron chi connectivity index (χ2n) is 4.40. The number of nitrogens with two attached hydrogens (primary N) is 1. The Morgan fingerprint density at radius 1 is 1.44 bits per heavy atom. The van der Waals surface area contributed by atoms with Crippen LogP contribution < -0.4 is 15.8 Å². The minimum absolute atomic E-state index is 0.142. The van der Waals surface area contributed by atoms with Crippen LogP contribution in [0.2, 0.25) is 0 Å². The van der Waals surface area contributed by atoms with Crippen molar-refractivity contribution in [3.8, 4) is 5.75 Å². The molecule has 1 aromatic carbocycles. The van der Waals surface area contributed by atoms with Crippen molar-refractivity contribution in [2.24, 2.45) is 0 Å². The first-order chi connectivity index (χ1) is 8.70. The number of rotatable bonds is 4. The Kier molecular flexibility index (Phi) is 3.92. The van der Waals surface area contributed by atoms with Crippen LogP contribution in [0.25, 0.3) is 0 Å². The molecule has 1 fully saturated rings. The van der Waals surface area contributed by atoms with Gasteiger partial charge >= 0.3 is 0 Å². The Labute approximate surface area is 107 Å². The number of nitrogens with one attached hydrogen (secondary N) is 1. The van der Waals surface area contributed by atoms with Gasteiger partial charge in [0.25, 0.3) is 0 Å². The summed E-state index contributed by atoms with van der Waals surface area (Å²) in [5.41, 5.74) is 7.16. The average Bonchev–Trinajstić information content (AvgIpc) is 2.91. The number of anilines is 2. The number of nitrogens with zero attached hydrogens (tertiary/aromatic N) is 1. The van der Waals surface area contributed by atoms with Crippen molar-refractivity contribution in [2.75, 3.05) is 37.8 Å². The van der Waals surface area contributed by atoms with Crippen LogP contribution in [-0.4, -0.2) is 37.6 Å². The Morgan fingerprint density at radius 3 is 2.83 bits per heavy atom. The van der Waals surface area contributed by atoms with Gasteiger partial charge in [0.15, 0.2) is 0 Å². The van der Waals surface area contributed by atoms with Gasteiger partial charge in [0.2, 0.25) is 5.91 Å². The van der Waals surface area contributed by atoms with Crippen LogP contribution in [0, 0.1) is 0 Å². The summed E-state index contributed by atoms with van der Waals surface area (Å²) in [5.74, 6) is 0.761. The smallest absolute Gasteiger partial charge is 0.241 e. The number of likely N-dealkylation sites (tertiary alicyclic amines) is 1. The van der Waals surface area contributed by atoms with E-state index >= 15 is 0 Å². The van der Waals surface area contributed by atoms with Crippen LogP contribution in [0.3, 0.4) is 0 Å². The topological polar surface area (TPSA) is 67.6 Å². The molecule has 0 aliphatic carbocycles. The van der Waals surface area contributed by atoms with Crippen LogP contribution in [-0.2, 0) is 4.79 Å². The molecule has 1 heterocycles. The lowest BCUT2D eigenvalue weighted by molar-refractivity contribution is -0.128. The van der Waals surface area contributed by atoms with Gasteiger partial charge in [-0.15, -0.1) is 0 Å². The highest BCUT2D eigenvalue weighted by atomic mass is 16.5. The van der Waals surface area contributed by atoms with Gasteiger partial charge in [-0.1, -0.05) is 0 Å². The molecule has 0 bridgehead atoms. The van der Waals surface area contributed by atoms with E-state index in [-0.39, 0.29) is 5.91 Å². The van der Waals surface area contributed by atoms with Crippen molar-refractivity contribution >= 4 is 17.3 Å². The summed E-state index contributed by atoms with van der Waals surface area (Å²) in [6, 6.07) is 5.41. The van der Waals surface area contributed by atoms with Crippen molar-refractivity contribution < 1.29 is 9.53 Å².